The molecule has 1 aromatic heterocycles. The molecule has 0 atom stereocenters. The monoisotopic (exact) mass is 179 g/mol. The van der Waals surface area contributed by atoms with Gasteiger partial charge >= 0.3 is 0 Å². The van der Waals surface area contributed by atoms with E-state index in [0.29, 0.717) is 5.56 Å². The minimum absolute atomic E-state index is 0.115. The Hall–Kier alpha value is -1.32. The topological polar surface area (TPSA) is 49.0 Å². The molecule has 4 heteroatoms. The lowest BCUT2D eigenvalue weighted by Crippen LogP contribution is -2.27. The van der Waals surface area contributed by atoms with E-state index in [4.69, 9.17) is 0 Å². The fraction of sp³-hybridized carbons (Fsp3) is 0.556. The summed E-state index contributed by atoms with van der Waals surface area (Å²) >= 11 is 0. The molecule has 0 radical (unpaired) electrons. The number of hydrogen-bond acceptors (Lipinski definition) is 2. The average Bonchev–Trinajstić information content (AvgIpc) is 2.72. The maximum absolute atomic E-state index is 11.8. The molecule has 4 nitrogen and oxygen atoms in total. The molecule has 0 saturated carbocycles. The highest BCUT2D eigenvalue weighted by Crippen LogP contribution is 2.13. The second-order valence-corrected chi connectivity index (χ2v) is 3.41. The molecule has 1 N–H and O–H groups in total. The van der Waals surface area contributed by atoms with Crippen LogP contribution >= 0.6 is 0 Å². The number of H-pyrrole nitrogens is 1. The molecular weight excluding hydrogens is 166 g/mol. The molecule has 1 saturated heterocycles. The van der Waals surface area contributed by atoms with Crippen molar-refractivity contribution in [3.05, 3.63) is 17.5 Å². The molecule has 0 aliphatic carbocycles. The number of aromatic amines is 1. The van der Waals surface area contributed by atoms with E-state index in [0.717, 1.165) is 31.6 Å². The van der Waals surface area contributed by atoms with E-state index in [1.807, 2.05) is 11.8 Å². The van der Waals surface area contributed by atoms with Crippen molar-refractivity contribution >= 4 is 5.91 Å². The maximum Gasteiger partial charge on any atom is 0.257 e. The molecule has 1 fully saturated rings. The molecule has 1 amide bonds. The first-order chi connectivity index (χ1) is 6.29. The van der Waals surface area contributed by atoms with Crippen LogP contribution in [0.15, 0.2) is 6.20 Å². The van der Waals surface area contributed by atoms with Gasteiger partial charge < -0.3 is 4.90 Å². The number of aryl methyl sites for hydroxylation is 1. The van der Waals surface area contributed by atoms with Crippen LogP contribution in [0.3, 0.4) is 0 Å². The van der Waals surface area contributed by atoms with Crippen molar-refractivity contribution in [3.63, 3.8) is 0 Å². The summed E-state index contributed by atoms with van der Waals surface area (Å²) in [6.45, 7) is 3.66. The van der Waals surface area contributed by atoms with Gasteiger partial charge in [-0.1, -0.05) is 0 Å². The molecule has 1 aromatic rings. The SMILES string of the molecule is Cc1[nH]ncc1C(=O)N1CCCC1. The zero-order chi connectivity index (χ0) is 9.26. The van der Waals surface area contributed by atoms with Gasteiger partial charge in [0.15, 0.2) is 0 Å². The minimum Gasteiger partial charge on any atom is -0.339 e. The van der Waals surface area contributed by atoms with E-state index in [9.17, 15) is 4.79 Å². The van der Waals surface area contributed by atoms with Crippen LogP contribution in [0.25, 0.3) is 0 Å². The van der Waals surface area contributed by atoms with Crippen molar-refractivity contribution < 1.29 is 4.79 Å². The second kappa shape index (κ2) is 3.20. The van der Waals surface area contributed by atoms with Gasteiger partial charge in [-0.15, -0.1) is 0 Å². The summed E-state index contributed by atoms with van der Waals surface area (Å²) in [5.41, 5.74) is 1.57. The van der Waals surface area contributed by atoms with Crippen molar-refractivity contribution in [3.8, 4) is 0 Å². The Morgan fingerprint density at radius 2 is 2.23 bits per heavy atom. The number of carbonyl (C=O) groups excluding carboxylic acids is 1. The van der Waals surface area contributed by atoms with Gasteiger partial charge in [-0.25, -0.2) is 0 Å². The average molecular weight is 179 g/mol. The number of carbonyl (C=O) groups is 1. The van der Waals surface area contributed by atoms with Crippen molar-refractivity contribution in [2.45, 2.75) is 19.8 Å². The van der Waals surface area contributed by atoms with Crippen LogP contribution in [-0.2, 0) is 0 Å². The lowest BCUT2D eigenvalue weighted by atomic mass is 10.2. The largest absolute Gasteiger partial charge is 0.339 e. The highest BCUT2D eigenvalue weighted by molar-refractivity contribution is 5.95. The Labute approximate surface area is 76.9 Å². The summed E-state index contributed by atoms with van der Waals surface area (Å²) < 4.78 is 0. The van der Waals surface area contributed by atoms with Gasteiger partial charge in [-0.05, 0) is 19.8 Å². The normalized spacial score (nSPS) is 16.5. The van der Waals surface area contributed by atoms with Crippen LogP contribution in [0.4, 0.5) is 0 Å². The lowest BCUT2D eigenvalue weighted by Gasteiger charge is -2.13. The third kappa shape index (κ3) is 1.43. The van der Waals surface area contributed by atoms with Crippen LogP contribution < -0.4 is 0 Å². The van der Waals surface area contributed by atoms with Crippen LogP contribution in [0.2, 0.25) is 0 Å². The minimum atomic E-state index is 0.115. The van der Waals surface area contributed by atoms with E-state index in [-0.39, 0.29) is 5.91 Å². The summed E-state index contributed by atoms with van der Waals surface area (Å²) in [6, 6.07) is 0. The van der Waals surface area contributed by atoms with E-state index < -0.39 is 0 Å². The van der Waals surface area contributed by atoms with Gasteiger partial charge in [-0.3, -0.25) is 9.89 Å². The third-order valence-electron chi connectivity index (χ3n) is 2.45. The molecule has 2 rings (SSSR count). The van der Waals surface area contributed by atoms with Crippen LogP contribution in [0.1, 0.15) is 28.9 Å². The second-order valence-electron chi connectivity index (χ2n) is 3.41. The van der Waals surface area contributed by atoms with Crippen LogP contribution in [-0.4, -0.2) is 34.1 Å². The Kier molecular flexibility index (Phi) is 2.04. The van der Waals surface area contributed by atoms with E-state index >= 15 is 0 Å². The van der Waals surface area contributed by atoms with E-state index in [1.54, 1.807) is 6.20 Å². The molecule has 0 spiro atoms. The van der Waals surface area contributed by atoms with Crippen molar-refractivity contribution in [2.75, 3.05) is 13.1 Å². The fourth-order valence-electron chi connectivity index (χ4n) is 1.66. The number of rotatable bonds is 1. The Morgan fingerprint density at radius 1 is 1.54 bits per heavy atom. The summed E-state index contributed by atoms with van der Waals surface area (Å²) in [4.78, 5) is 13.7. The summed E-state index contributed by atoms with van der Waals surface area (Å²) in [5.74, 6) is 0.115. The van der Waals surface area contributed by atoms with Crippen LogP contribution in [0.5, 0.6) is 0 Å². The zero-order valence-corrected chi connectivity index (χ0v) is 7.71. The molecule has 0 unspecified atom stereocenters. The van der Waals surface area contributed by atoms with Gasteiger partial charge in [0, 0.05) is 18.8 Å². The van der Waals surface area contributed by atoms with Gasteiger partial charge in [0.05, 0.1) is 11.8 Å². The number of aromatic nitrogens is 2. The van der Waals surface area contributed by atoms with E-state index in [1.165, 1.54) is 0 Å². The first-order valence-corrected chi connectivity index (χ1v) is 4.58. The van der Waals surface area contributed by atoms with Crippen LogP contribution in [0, 0.1) is 6.92 Å². The first kappa shape index (κ1) is 8.29. The predicted octanol–water partition coefficient (Wildman–Crippen LogP) is 0.954. The lowest BCUT2D eigenvalue weighted by molar-refractivity contribution is 0.0792. The number of likely N-dealkylation sites (tertiary alicyclic amines) is 1. The summed E-state index contributed by atoms with van der Waals surface area (Å²) in [5, 5.41) is 6.62. The number of nitrogens with zero attached hydrogens (tertiary/aromatic N) is 2. The molecule has 0 aromatic carbocycles. The number of hydrogen-bond donors (Lipinski definition) is 1. The smallest absolute Gasteiger partial charge is 0.257 e. The maximum atomic E-state index is 11.8. The predicted molar refractivity (Wildman–Crippen MR) is 48.5 cm³/mol. The standard InChI is InChI=1S/C9H13N3O/c1-7-8(6-10-11-7)9(13)12-4-2-3-5-12/h6H,2-5H2,1H3,(H,10,11). The first-order valence-electron chi connectivity index (χ1n) is 4.58. The van der Waals surface area contributed by atoms with Gasteiger partial charge in [-0.2, -0.15) is 5.10 Å². The van der Waals surface area contributed by atoms with E-state index in [2.05, 4.69) is 10.2 Å². The summed E-state index contributed by atoms with van der Waals surface area (Å²) in [6.07, 6.45) is 3.86. The molecule has 0 bridgehead atoms. The molecule has 1 aliphatic heterocycles. The van der Waals surface area contributed by atoms with Gasteiger partial charge in [0.25, 0.3) is 5.91 Å². The Bertz CT molecular complexity index is 312. The molecule has 2 heterocycles. The van der Waals surface area contributed by atoms with Crippen molar-refractivity contribution in [2.24, 2.45) is 0 Å². The van der Waals surface area contributed by atoms with Crippen molar-refractivity contribution in [1.82, 2.24) is 15.1 Å². The molecular formula is C9H13N3O. The highest BCUT2D eigenvalue weighted by Gasteiger charge is 2.21. The quantitative estimate of drug-likeness (QED) is 0.697. The van der Waals surface area contributed by atoms with Gasteiger partial charge in [0.2, 0.25) is 0 Å². The molecule has 1 aliphatic rings. The summed E-state index contributed by atoms with van der Waals surface area (Å²) in [7, 11) is 0. The third-order valence-corrected chi connectivity index (χ3v) is 2.45. The fourth-order valence-corrected chi connectivity index (χ4v) is 1.66. The van der Waals surface area contributed by atoms with Crippen molar-refractivity contribution in [1.29, 1.82) is 0 Å². The number of amides is 1. The number of nitrogens with one attached hydrogen (secondary N) is 1. The Balaban J connectivity index is 2.17. The zero-order valence-electron chi connectivity index (χ0n) is 7.71. The Morgan fingerprint density at radius 3 is 2.77 bits per heavy atom. The highest BCUT2D eigenvalue weighted by atomic mass is 16.2. The molecule has 70 valence electrons. The molecule has 13 heavy (non-hydrogen) atoms. The van der Waals surface area contributed by atoms with Gasteiger partial charge in [0.1, 0.15) is 0 Å².